The van der Waals surface area contributed by atoms with Crippen molar-refractivity contribution in [3.8, 4) is 0 Å². The molecule has 0 bridgehead atoms. The van der Waals surface area contributed by atoms with E-state index in [4.69, 9.17) is 0 Å². The van der Waals surface area contributed by atoms with Gasteiger partial charge in [0.05, 0.1) is 17.1 Å². The van der Waals surface area contributed by atoms with Gasteiger partial charge < -0.3 is 24.6 Å². The Morgan fingerprint density at radius 2 is 1.66 bits per heavy atom. The molecule has 0 saturated carbocycles. The van der Waals surface area contributed by atoms with Gasteiger partial charge in [-0.15, -0.1) is 0 Å². The molecule has 2 saturated heterocycles. The molecular formula is C23H36BN6O2. The molecule has 2 fully saturated rings. The van der Waals surface area contributed by atoms with E-state index < -0.39 is 0 Å². The molecule has 3 heterocycles. The average molecular weight is 439 g/mol. The summed E-state index contributed by atoms with van der Waals surface area (Å²) < 4.78 is 0. The van der Waals surface area contributed by atoms with Crippen LogP contribution >= 0.6 is 0 Å². The number of hydrogen-bond acceptors (Lipinski definition) is 3. The van der Waals surface area contributed by atoms with Crippen LogP contribution < -0.4 is 0 Å². The number of aromatic amines is 1. The first-order valence-corrected chi connectivity index (χ1v) is 11.4. The highest BCUT2D eigenvalue weighted by atomic mass is 16.2. The van der Waals surface area contributed by atoms with Crippen molar-refractivity contribution in [2.45, 2.75) is 51.4 Å². The van der Waals surface area contributed by atoms with Gasteiger partial charge in [-0.2, -0.15) is 0 Å². The van der Waals surface area contributed by atoms with Gasteiger partial charge in [0.15, 0.2) is 0 Å². The summed E-state index contributed by atoms with van der Waals surface area (Å²) in [6.45, 7) is 5.80. The molecule has 2 aliphatic rings. The molecule has 173 valence electrons. The third-order valence-electron chi connectivity index (χ3n) is 6.16. The Bertz CT molecular complexity index is 944. The minimum absolute atomic E-state index is 0.0594. The number of H-pyrrole nitrogens is 1. The van der Waals surface area contributed by atoms with E-state index in [1.807, 2.05) is 22.7 Å². The topological polar surface area (TPSA) is 75.8 Å². The van der Waals surface area contributed by atoms with Crippen LogP contribution in [0.25, 0.3) is 11.0 Å². The molecule has 2 atom stereocenters. The summed E-state index contributed by atoms with van der Waals surface area (Å²) in [6.07, 6.45) is 4.25. The summed E-state index contributed by atoms with van der Waals surface area (Å²) in [6, 6.07) is 6.44. The van der Waals surface area contributed by atoms with Crippen molar-refractivity contribution in [1.29, 1.82) is 0 Å². The summed E-state index contributed by atoms with van der Waals surface area (Å²) in [4.78, 5) is 38.9. The molecule has 0 spiro atoms. The van der Waals surface area contributed by atoms with Gasteiger partial charge in [-0.25, -0.2) is 14.6 Å². The predicted octanol–water partition coefficient (Wildman–Crippen LogP) is 3.53. The molecule has 1 N–H and O–H groups in total. The van der Waals surface area contributed by atoms with Gasteiger partial charge in [-0.05, 0) is 50.3 Å². The fourth-order valence-electron chi connectivity index (χ4n) is 4.47. The zero-order chi connectivity index (χ0) is 23.4. The quantitative estimate of drug-likeness (QED) is 0.728. The molecular weight excluding hydrogens is 403 g/mol. The lowest BCUT2D eigenvalue weighted by molar-refractivity contribution is 0.164. The minimum Gasteiger partial charge on any atom is -0.340 e. The van der Waals surface area contributed by atoms with E-state index in [0.717, 1.165) is 55.6 Å². The van der Waals surface area contributed by atoms with E-state index >= 15 is 0 Å². The third-order valence-corrected chi connectivity index (χ3v) is 6.16. The number of likely N-dealkylation sites (tertiary alicyclic amines) is 2. The number of carbonyl (C=O) groups excluding carboxylic acids is 2. The van der Waals surface area contributed by atoms with Crippen molar-refractivity contribution in [2.24, 2.45) is 0 Å². The lowest BCUT2D eigenvalue weighted by Gasteiger charge is -2.26. The van der Waals surface area contributed by atoms with E-state index in [0.29, 0.717) is 5.94 Å². The van der Waals surface area contributed by atoms with E-state index in [9.17, 15) is 9.59 Å². The first-order valence-electron chi connectivity index (χ1n) is 11.4. The summed E-state index contributed by atoms with van der Waals surface area (Å²) in [7, 11) is 9.29. The molecule has 2 aromatic rings. The summed E-state index contributed by atoms with van der Waals surface area (Å²) >= 11 is 0. The Balaban J connectivity index is 0.000000207. The van der Waals surface area contributed by atoms with Crippen LogP contribution in [-0.4, -0.2) is 96.1 Å². The monoisotopic (exact) mass is 439 g/mol. The Hall–Kier alpha value is -2.71. The van der Waals surface area contributed by atoms with Crippen LogP contribution in [0.15, 0.2) is 18.2 Å². The molecule has 9 heteroatoms. The van der Waals surface area contributed by atoms with Crippen molar-refractivity contribution >= 4 is 30.4 Å². The van der Waals surface area contributed by atoms with E-state index in [1.165, 1.54) is 5.56 Å². The van der Waals surface area contributed by atoms with Gasteiger partial charge in [-0.3, -0.25) is 0 Å². The number of rotatable bonds is 2. The minimum atomic E-state index is 0.0594. The molecule has 1 aromatic heterocycles. The number of benzene rings is 1. The predicted molar refractivity (Wildman–Crippen MR) is 129 cm³/mol. The lowest BCUT2D eigenvalue weighted by Crippen LogP contribution is -2.43. The molecule has 8 nitrogen and oxygen atoms in total. The number of amides is 4. The maximum atomic E-state index is 12.2. The second-order valence-corrected chi connectivity index (χ2v) is 9.08. The number of aryl methyl sites for hydroxylation is 1. The Morgan fingerprint density at radius 1 is 1.03 bits per heavy atom. The highest BCUT2D eigenvalue weighted by molar-refractivity contribution is 6.36. The molecule has 2 aliphatic heterocycles. The second kappa shape index (κ2) is 10.3. The van der Waals surface area contributed by atoms with Gasteiger partial charge in [0.2, 0.25) is 0 Å². The molecule has 0 unspecified atom stereocenters. The van der Waals surface area contributed by atoms with E-state index in [-0.39, 0.29) is 18.1 Å². The summed E-state index contributed by atoms with van der Waals surface area (Å²) in [5.74, 6) is 1.26. The Labute approximate surface area is 192 Å². The van der Waals surface area contributed by atoms with Gasteiger partial charge in [0.25, 0.3) is 0 Å². The number of carbonyl (C=O) groups is 2. The van der Waals surface area contributed by atoms with Crippen LogP contribution in [0.2, 0.25) is 6.82 Å². The third kappa shape index (κ3) is 5.19. The lowest BCUT2D eigenvalue weighted by atomic mass is 9.71. The molecule has 32 heavy (non-hydrogen) atoms. The SMILES string of the molecule is C[B][C@@H]1CCCN1C(=O)N(C)C.Cc1ccc2nc([C@@H]3CCCN3C(=O)N(C)C)[nH]c2c1. The number of hydrogen-bond donors (Lipinski definition) is 1. The first kappa shape index (κ1) is 23.9. The van der Waals surface area contributed by atoms with Crippen molar-refractivity contribution in [2.75, 3.05) is 41.3 Å². The number of nitrogens with one attached hydrogen (secondary N) is 1. The summed E-state index contributed by atoms with van der Waals surface area (Å²) in [5.41, 5.74) is 3.22. The van der Waals surface area contributed by atoms with Crippen molar-refractivity contribution in [1.82, 2.24) is 29.6 Å². The molecule has 1 radical (unpaired) electrons. The van der Waals surface area contributed by atoms with Crippen LogP contribution in [0.3, 0.4) is 0 Å². The van der Waals surface area contributed by atoms with Crippen LogP contribution in [0.5, 0.6) is 0 Å². The second-order valence-electron chi connectivity index (χ2n) is 9.08. The van der Waals surface area contributed by atoms with Gasteiger partial charge in [0, 0.05) is 47.2 Å². The average Bonchev–Trinajstić information content (AvgIpc) is 3.50. The zero-order valence-electron chi connectivity index (χ0n) is 20.3. The smallest absolute Gasteiger partial charge is 0.320 e. The maximum Gasteiger partial charge on any atom is 0.320 e. The van der Waals surface area contributed by atoms with Gasteiger partial charge in [-0.1, -0.05) is 12.9 Å². The van der Waals surface area contributed by atoms with E-state index in [1.54, 1.807) is 38.0 Å². The fourth-order valence-corrected chi connectivity index (χ4v) is 4.47. The number of nitrogens with zero attached hydrogens (tertiary/aromatic N) is 5. The molecule has 4 amide bonds. The molecule has 0 aliphatic carbocycles. The van der Waals surface area contributed by atoms with Crippen molar-refractivity contribution in [3.63, 3.8) is 0 Å². The van der Waals surface area contributed by atoms with Crippen molar-refractivity contribution < 1.29 is 9.59 Å². The standard InChI is InChI=1S/C15H20N4O.C8H16BN2O/c1-10-6-7-11-12(9-10)17-14(16-11)13-5-4-8-19(13)15(20)18(2)3;1-9-7-5-4-6-11(7)8(12)10(2)3/h6-7,9,13H,4-5,8H2,1-3H3,(H,16,17);7H,4-6H2,1-3H3/t13-;7-/m00/s1. The summed E-state index contributed by atoms with van der Waals surface area (Å²) in [5, 5.41) is 0. The van der Waals surface area contributed by atoms with Crippen LogP contribution in [0.4, 0.5) is 9.59 Å². The fraction of sp³-hybridized carbons (Fsp3) is 0.609. The number of aromatic nitrogens is 2. The van der Waals surface area contributed by atoms with E-state index in [2.05, 4.69) is 36.3 Å². The Kier molecular flexibility index (Phi) is 7.69. The largest absolute Gasteiger partial charge is 0.340 e. The first-order chi connectivity index (χ1) is 15.2. The maximum absolute atomic E-state index is 12.2. The molecule has 1 aromatic carbocycles. The van der Waals surface area contributed by atoms with Crippen LogP contribution in [0.1, 0.15) is 43.1 Å². The van der Waals surface area contributed by atoms with Gasteiger partial charge in [0.1, 0.15) is 13.1 Å². The number of fused-ring (bicyclic) bond motifs is 1. The number of urea groups is 2. The normalized spacial score (nSPS) is 20.2. The molecule has 4 rings (SSSR count). The highest BCUT2D eigenvalue weighted by Gasteiger charge is 2.33. The van der Waals surface area contributed by atoms with Gasteiger partial charge >= 0.3 is 12.1 Å². The van der Waals surface area contributed by atoms with Crippen LogP contribution in [-0.2, 0) is 0 Å². The Morgan fingerprint density at radius 3 is 2.31 bits per heavy atom. The number of imidazole rings is 1. The van der Waals surface area contributed by atoms with Crippen LogP contribution in [0, 0.1) is 6.92 Å². The highest BCUT2D eigenvalue weighted by Crippen LogP contribution is 2.32. The zero-order valence-corrected chi connectivity index (χ0v) is 20.3. The van der Waals surface area contributed by atoms with Crippen molar-refractivity contribution in [3.05, 3.63) is 29.6 Å².